The number of nitrogens with one attached hydrogen (secondary N) is 1. The molecule has 0 bridgehead atoms. The first kappa shape index (κ1) is 17.4. The van der Waals surface area contributed by atoms with Gasteiger partial charge in [-0.25, -0.2) is 4.98 Å². The van der Waals surface area contributed by atoms with Crippen LogP contribution in [0.5, 0.6) is 5.75 Å². The molecule has 0 spiro atoms. The highest BCUT2D eigenvalue weighted by Crippen LogP contribution is 2.31. The molecule has 5 nitrogen and oxygen atoms in total. The Labute approximate surface area is 150 Å². The van der Waals surface area contributed by atoms with Crippen LogP contribution in [0.25, 0.3) is 11.1 Å². The molecule has 6 heteroatoms. The first-order valence-electron chi connectivity index (χ1n) is 8.04. The molecule has 2 aromatic carbocycles. The second-order valence-corrected chi connectivity index (χ2v) is 7.04. The number of para-hydroxylation sites is 2. The topological polar surface area (TPSA) is 64.4 Å². The Bertz CT molecular complexity index is 825. The number of benzene rings is 2. The molecule has 0 aliphatic heterocycles. The van der Waals surface area contributed by atoms with Crippen molar-refractivity contribution in [3.63, 3.8) is 0 Å². The Morgan fingerprint density at radius 2 is 1.88 bits per heavy atom. The number of ether oxygens (including phenoxy) is 1. The number of hydrogen-bond acceptors (Lipinski definition) is 5. The van der Waals surface area contributed by atoms with Gasteiger partial charge in [-0.3, -0.25) is 4.79 Å². The fourth-order valence-electron chi connectivity index (χ4n) is 2.39. The van der Waals surface area contributed by atoms with Crippen LogP contribution in [-0.2, 0) is 4.79 Å². The van der Waals surface area contributed by atoms with E-state index >= 15 is 0 Å². The SMILES string of the molecule is COc1ccc(NC(=O)C(Sc2nc3ccccc3o2)C(C)C)cc1. The number of anilines is 1. The molecule has 0 radical (unpaired) electrons. The number of rotatable bonds is 6. The van der Waals surface area contributed by atoms with Crippen LogP contribution in [0.15, 0.2) is 58.2 Å². The van der Waals surface area contributed by atoms with E-state index in [1.54, 1.807) is 7.11 Å². The number of fused-ring (bicyclic) bond motifs is 1. The molecule has 130 valence electrons. The van der Waals surface area contributed by atoms with Gasteiger partial charge in [-0.15, -0.1) is 0 Å². The van der Waals surface area contributed by atoms with Crippen LogP contribution in [0.2, 0.25) is 0 Å². The van der Waals surface area contributed by atoms with Gasteiger partial charge in [0, 0.05) is 5.69 Å². The van der Waals surface area contributed by atoms with Gasteiger partial charge in [0.15, 0.2) is 5.58 Å². The van der Waals surface area contributed by atoms with Crippen molar-refractivity contribution in [2.45, 2.75) is 24.3 Å². The van der Waals surface area contributed by atoms with Gasteiger partial charge in [0.25, 0.3) is 5.22 Å². The standard InChI is InChI=1S/C19H20N2O3S/c1-12(2)17(18(22)20-13-8-10-14(23-3)11-9-13)25-19-21-15-6-4-5-7-16(15)24-19/h4-12,17H,1-3H3,(H,20,22). The molecule has 1 N–H and O–H groups in total. The molecule has 0 saturated heterocycles. The van der Waals surface area contributed by atoms with Crippen LogP contribution >= 0.6 is 11.8 Å². The Kier molecular flexibility index (Phi) is 5.28. The summed E-state index contributed by atoms with van der Waals surface area (Å²) in [5, 5.41) is 3.14. The first-order valence-corrected chi connectivity index (χ1v) is 8.92. The summed E-state index contributed by atoms with van der Waals surface area (Å²) in [7, 11) is 1.61. The molecule has 1 heterocycles. The Morgan fingerprint density at radius 1 is 1.16 bits per heavy atom. The summed E-state index contributed by atoms with van der Waals surface area (Å²) in [6.07, 6.45) is 0. The number of carbonyl (C=O) groups is 1. The highest BCUT2D eigenvalue weighted by molar-refractivity contribution is 8.00. The molecule has 1 amide bonds. The van der Waals surface area contributed by atoms with Crippen LogP contribution in [-0.4, -0.2) is 23.3 Å². The number of oxazole rings is 1. The lowest BCUT2D eigenvalue weighted by Crippen LogP contribution is -2.29. The minimum absolute atomic E-state index is 0.0765. The average molecular weight is 356 g/mol. The van der Waals surface area contributed by atoms with Crippen molar-refractivity contribution >= 4 is 34.5 Å². The lowest BCUT2D eigenvalue weighted by Gasteiger charge is -2.18. The van der Waals surface area contributed by atoms with Crippen molar-refractivity contribution in [3.8, 4) is 5.75 Å². The minimum Gasteiger partial charge on any atom is -0.497 e. The third-order valence-corrected chi connectivity index (χ3v) is 5.11. The highest BCUT2D eigenvalue weighted by Gasteiger charge is 2.26. The number of nitrogens with zero attached hydrogens (tertiary/aromatic N) is 1. The maximum absolute atomic E-state index is 12.7. The molecule has 3 aromatic rings. The van der Waals surface area contributed by atoms with Gasteiger partial charge < -0.3 is 14.5 Å². The Balaban J connectivity index is 1.74. The second-order valence-electron chi connectivity index (χ2n) is 5.95. The molecule has 1 aromatic heterocycles. The smallest absolute Gasteiger partial charge is 0.257 e. The van der Waals surface area contributed by atoms with E-state index in [1.165, 1.54) is 11.8 Å². The largest absolute Gasteiger partial charge is 0.497 e. The fourth-order valence-corrected chi connectivity index (χ4v) is 3.33. The van der Waals surface area contributed by atoms with E-state index in [9.17, 15) is 4.79 Å². The molecular weight excluding hydrogens is 336 g/mol. The van der Waals surface area contributed by atoms with Gasteiger partial charge in [0.2, 0.25) is 5.91 Å². The van der Waals surface area contributed by atoms with E-state index in [-0.39, 0.29) is 17.1 Å². The molecule has 0 aliphatic carbocycles. The fraction of sp³-hybridized carbons (Fsp3) is 0.263. The lowest BCUT2D eigenvalue weighted by atomic mass is 10.1. The zero-order valence-electron chi connectivity index (χ0n) is 14.4. The van der Waals surface area contributed by atoms with Crippen molar-refractivity contribution in [3.05, 3.63) is 48.5 Å². The van der Waals surface area contributed by atoms with Crippen LogP contribution in [0, 0.1) is 5.92 Å². The predicted octanol–water partition coefficient (Wildman–Crippen LogP) is 4.59. The van der Waals surface area contributed by atoms with Crippen molar-refractivity contribution in [2.75, 3.05) is 12.4 Å². The molecule has 1 atom stereocenters. The van der Waals surface area contributed by atoms with Crippen LogP contribution in [0.1, 0.15) is 13.8 Å². The summed E-state index contributed by atoms with van der Waals surface area (Å²) < 4.78 is 10.9. The molecule has 0 saturated carbocycles. The third kappa shape index (κ3) is 4.14. The second kappa shape index (κ2) is 7.61. The quantitative estimate of drug-likeness (QED) is 0.654. The molecule has 0 aliphatic rings. The number of carbonyl (C=O) groups excluding carboxylic acids is 1. The molecule has 25 heavy (non-hydrogen) atoms. The maximum Gasteiger partial charge on any atom is 0.257 e. The van der Waals surface area contributed by atoms with E-state index in [1.807, 2.05) is 62.4 Å². The van der Waals surface area contributed by atoms with E-state index in [0.29, 0.717) is 5.22 Å². The van der Waals surface area contributed by atoms with E-state index in [2.05, 4.69) is 10.3 Å². The summed E-state index contributed by atoms with van der Waals surface area (Å²) >= 11 is 1.34. The van der Waals surface area contributed by atoms with Crippen molar-refractivity contribution in [1.82, 2.24) is 4.98 Å². The zero-order valence-corrected chi connectivity index (χ0v) is 15.2. The van der Waals surface area contributed by atoms with Gasteiger partial charge in [-0.1, -0.05) is 37.7 Å². The summed E-state index contributed by atoms with van der Waals surface area (Å²) in [5.74, 6) is 0.796. The third-order valence-electron chi connectivity index (χ3n) is 3.72. The first-order chi connectivity index (χ1) is 12.1. The summed E-state index contributed by atoms with van der Waals surface area (Å²) in [6, 6.07) is 14.8. The van der Waals surface area contributed by atoms with Gasteiger partial charge in [-0.05, 0) is 42.3 Å². The van der Waals surface area contributed by atoms with Crippen LogP contribution < -0.4 is 10.1 Å². The molecule has 0 fully saturated rings. The van der Waals surface area contributed by atoms with E-state index in [4.69, 9.17) is 9.15 Å². The summed E-state index contributed by atoms with van der Waals surface area (Å²) in [6.45, 7) is 4.02. The van der Waals surface area contributed by atoms with Crippen molar-refractivity contribution in [2.24, 2.45) is 5.92 Å². The molecular formula is C19H20N2O3S. The summed E-state index contributed by atoms with van der Waals surface area (Å²) in [5.41, 5.74) is 2.25. The van der Waals surface area contributed by atoms with E-state index in [0.717, 1.165) is 22.5 Å². The number of methoxy groups -OCH3 is 1. The van der Waals surface area contributed by atoms with Crippen molar-refractivity contribution < 1.29 is 13.9 Å². The molecule has 1 unspecified atom stereocenters. The number of amides is 1. The van der Waals surface area contributed by atoms with Crippen molar-refractivity contribution in [1.29, 1.82) is 0 Å². The highest BCUT2D eigenvalue weighted by atomic mass is 32.2. The van der Waals surface area contributed by atoms with Gasteiger partial charge in [-0.2, -0.15) is 0 Å². The zero-order chi connectivity index (χ0) is 17.8. The van der Waals surface area contributed by atoms with E-state index < -0.39 is 0 Å². The van der Waals surface area contributed by atoms with Crippen LogP contribution in [0.4, 0.5) is 5.69 Å². The summed E-state index contributed by atoms with van der Waals surface area (Å²) in [4.78, 5) is 17.1. The lowest BCUT2D eigenvalue weighted by molar-refractivity contribution is -0.116. The Morgan fingerprint density at radius 3 is 2.52 bits per heavy atom. The maximum atomic E-state index is 12.7. The minimum atomic E-state index is -0.310. The van der Waals surface area contributed by atoms with Gasteiger partial charge in [0.1, 0.15) is 11.3 Å². The normalized spacial score (nSPS) is 12.3. The molecule has 3 rings (SSSR count). The Hall–Kier alpha value is -2.47. The average Bonchev–Trinajstić information content (AvgIpc) is 3.02. The monoisotopic (exact) mass is 356 g/mol. The number of aromatic nitrogens is 1. The number of thioether (sulfide) groups is 1. The number of hydrogen-bond donors (Lipinski definition) is 1. The van der Waals surface area contributed by atoms with Gasteiger partial charge >= 0.3 is 0 Å². The predicted molar refractivity (Wildman–Crippen MR) is 100 cm³/mol. The van der Waals surface area contributed by atoms with Crippen LogP contribution in [0.3, 0.4) is 0 Å². The van der Waals surface area contributed by atoms with Gasteiger partial charge in [0.05, 0.1) is 12.4 Å².